The van der Waals surface area contributed by atoms with Gasteiger partial charge in [-0.2, -0.15) is 0 Å². The molecule has 0 fully saturated rings. The number of imide groups is 1. The number of anilines is 1. The van der Waals surface area contributed by atoms with Crippen molar-refractivity contribution >= 4 is 17.5 Å². The van der Waals surface area contributed by atoms with E-state index >= 15 is 0 Å². The average molecular weight is 266 g/mol. The molecule has 101 valence electrons. The van der Waals surface area contributed by atoms with Crippen molar-refractivity contribution in [3.63, 3.8) is 0 Å². The minimum Gasteiger partial charge on any atom is -0.274 e. The molecule has 0 unspecified atom stereocenters. The van der Waals surface area contributed by atoms with Crippen LogP contribution >= 0.6 is 0 Å². The summed E-state index contributed by atoms with van der Waals surface area (Å²) in [5, 5.41) is 0. The lowest BCUT2D eigenvalue weighted by atomic mass is 10.1. The number of benzene rings is 2. The summed E-state index contributed by atoms with van der Waals surface area (Å²) in [6, 6.07) is 16.4. The molecule has 3 heteroatoms. The Morgan fingerprint density at radius 1 is 1.00 bits per heavy atom. The summed E-state index contributed by atoms with van der Waals surface area (Å²) < 4.78 is 0. The van der Waals surface area contributed by atoms with Crippen molar-refractivity contribution in [2.24, 2.45) is 0 Å². The van der Waals surface area contributed by atoms with Gasteiger partial charge in [0.15, 0.2) is 0 Å². The van der Waals surface area contributed by atoms with Crippen molar-refractivity contribution in [2.75, 3.05) is 4.90 Å². The van der Waals surface area contributed by atoms with Crippen molar-refractivity contribution in [3.05, 3.63) is 72.6 Å². The Morgan fingerprint density at radius 2 is 1.60 bits per heavy atom. The van der Waals surface area contributed by atoms with Gasteiger partial charge in [0.1, 0.15) is 0 Å². The van der Waals surface area contributed by atoms with E-state index in [1.165, 1.54) is 11.8 Å². The van der Waals surface area contributed by atoms with Crippen molar-refractivity contribution in [1.29, 1.82) is 0 Å². The molecule has 2 aromatic rings. The van der Waals surface area contributed by atoms with Crippen LogP contribution < -0.4 is 4.90 Å². The largest absolute Gasteiger partial charge is 0.274 e. The smallest absolute Gasteiger partial charge is 0.238 e. The van der Waals surface area contributed by atoms with Crippen molar-refractivity contribution < 1.29 is 9.59 Å². The Kier molecular flexibility index (Phi) is 4.31. The van der Waals surface area contributed by atoms with E-state index in [0.29, 0.717) is 5.69 Å². The number of amides is 2. The predicted octanol–water partition coefficient (Wildman–Crippen LogP) is 2.99. The maximum absolute atomic E-state index is 12.3. The second-order valence-corrected chi connectivity index (χ2v) is 4.58. The molecule has 3 nitrogen and oxygen atoms in total. The summed E-state index contributed by atoms with van der Waals surface area (Å²) in [6.07, 6.45) is 0.201. The molecule has 0 N–H and O–H groups in total. The quantitative estimate of drug-likeness (QED) is 0.856. The first-order valence-electron chi connectivity index (χ1n) is 6.37. The normalized spacial score (nSPS) is 10.1. The molecule has 0 spiro atoms. The Balaban J connectivity index is 2.23. The molecule has 0 aliphatic rings. The molecule has 0 saturated carbocycles. The monoisotopic (exact) mass is 266 g/mol. The van der Waals surface area contributed by atoms with Crippen molar-refractivity contribution in [1.82, 2.24) is 0 Å². The van der Waals surface area contributed by atoms with E-state index < -0.39 is 0 Å². The van der Waals surface area contributed by atoms with E-state index in [9.17, 15) is 9.59 Å². The highest BCUT2D eigenvalue weighted by atomic mass is 16.2. The summed E-state index contributed by atoms with van der Waals surface area (Å²) >= 11 is 0. The topological polar surface area (TPSA) is 37.4 Å². The van der Waals surface area contributed by atoms with Gasteiger partial charge in [-0.25, -0.2) is 0 Å². The minimum atomic E-state index is -0.289. The van der Waals surface area contributed by atoms with Gasteiger partial charge in [0, 0.05) is 6.92 Å². The Bertz CT molecular complexity index is 603. The van der Waals surface area contributed by atoms with Gasteiger partial charge in [0.05, 0.1) is 12.1 Å². The molecule has 0 saturated heterocycles. The number of carbonyl (C=O) groups excluding carboxylic acids is 2. The molecule has 0 heterocycles. The maximum Gasteiger partial charge on any atom is 0.238 e. The molecule has 0 atom stereocenters. The molecule has 2 aromatic carbocycles. The summed E-state index contributed by atoms with van der Waals surface area (Å²) in [7, 11) is 0. The molecule has 0 aliphatic carbocycles. The molecular formula is C17H16NO2. The van der Waals surface area contributed by atoms with Gasteiger partial charge in [-0.1, -0.05) is 42.5 Å². The van der Waals surface area contributed by atoms with E-state index in [-0.39, 0.29) is 18.2 Å². The number of nitrogens with zero attached hydrogens (tertiary/aromatic N) is 1. The summed E-state index contributed by atoms with van der Waals surface area (Å²) in [6.45, 7) is 5.18. The summed E-state index contributed by atoms with van der Waals surface area (Å²) in [5.41, 5.74) is 2.30. The van der Waals surface area contributed by atoms with Gasteiger partial charge in [-0.05, 0) is 30.2 Å². The second-order valence-electron chi connectivity index (χ2n) is 4.58. The lowest BCUT2D eigenvalue weighted by Gasteiger charge is -2.19. The van der Waals surface area contributed by atoms with E-state index in [1.807, 2.05) is 30.3 Å². The van der Waals surface area contributed by atoms with Crippen LogP contribution in [0.5, 0.6) is 0 Å². The van der Waals surface area contributed by atoms with Crippen molar-refractivity contribution in [2.45, 2.75) is 13.3 Å². The average Bonchev–Trinajstić information content (AvgIpc) is 2.42. The Morgan fingerprint density at radius 3 is 2.15 bits per heavy atom. The fraction of sp³-hybridized carbons (Fsp3) is 0.118. The Hall–Kier alpha value is -2.42. The number of hydrogen-bond acceptors (Lipinski definition) is 2. The van der Waals surface area contributed by atoms with Crippen LogP contribution in [0.4, 0.5) is 5.69 Å². The molecule has 0 aromatic heterocycles. The van der Waals surface area contributed by atoms with E-state index in [4.69, 9.17) is 0 Å². The molecule has 0 bridgehead atoms. The van der Waals surface area contributed by atoms with Crippen LogP contribution in [0, 0.1) is 6.92 Å². The molecule has 0 aliphatic heterocycles. The fourth-order valence-corrected chi connectivity index (χ4v) is 2.00. The van der Waals surface area contributed by atoms with Gasteiger partial charge in [0.25, 0.3) is 0 Å². The zero-order valence-corrected chi connectivity index (χ0v) is 11.4. The van der Waals surface area contributed by atoms with Crippen molar-refractivity contribution in [3.8, 4) is 0 Å². The second kappa shape index (κ2) is 6.15. The maximum atomic E-state index is 12.3. The third-order valence-corrected chi connectivity index (χ3v) is 2.96. The first-order chi connectivity index (χ1) is 9.58. The fourth-order valence-electron chi connectivity index (χ4n) is 2.00. The van der Waals surface area contributed by atoms with Gasteiger partial charge >= 0.3 is 0 Å². The van der Waals surface area contributed by atoms with Crippen LogP contribution in [0.25, 0.3) is 0 Å². The number of carbonyl (C=O) groups is 2. The first-order valence-corrected chi connectivity index (χ1v) is 6.37. The molecule has 2 amide bonds. The highest BCUT2D eigenvalue weighted by Gasteiger charge is 2.20. The van der Waals surface area contributed by atoms with Crippen LogP contribution in [-0.4, -0.2) is 11.8 Å². The van der Waals surface area contributed by atoms with Gasteiger partial charge in [-0.3, -0.25) is 14.5 Å². The van der Waals surface area contributed by atoms with Gasteiger partial charge in [-0.15, -0.1) is 0 Å². The van der Waals surface area contributed by atoms with E-state index in [1.54, 1.807) is 24.3 Å². The Labute approximate surface area is 118 Å². The standard InChI is InChI=1S/C17H16NO2/c1-13-8-10-16(11-9-13)18(14(2)19)17(20)12-15-6-4-3-5-7-15/h3-11H,1,12H2,2H3. The highest BCUT2D eigenvalue weighted by molar-refractivity contribution is 6.14. The summed E-state index contributed by atoms with van der Waals surface area (Å²) in [5.74, 6) is -0.525. The highest BCUT2D eigenvalue weighted by Crippen LogP contribution is 2.17. The number of hydrogen-bond donors (Lipinski definition) is 0. The number of rotatable bonds is 3. The molecular weight excluding hydrogens is 250 g/mol. The molecule has 20 heavy (non-hydrogen) atoms. The van der Waals surface area contributed by atoms with Crippen LogP contribution in [0.1, 0.15) is 18.1 Å². The lowest BCUT2D eigenvalue weighted by molar-refractivity contribution is -0.125. The minimum absolute atomic E-state index is 0.201. The van der Waals surface area contributed by atoms with E-state index in [0.717, 1.165) is 11.1 Å². The zero-order valence-electron chi connectivity index (χ0n) is 11.4. The van der Waals surface area contributed by atoms with E-state index in [2.05, 4.69) is 6.92 Å². The van der Waals surface area contributed by atoms with Gasteiger partial charge in [0.2, 0.25) is 11.8 Å². The van der Waals surface area contributed by atoms with Crippen LogP contribution in [0.3, 0.4) is 0 Å². The lowest BCUT2D eigenvalue weighted by Crippen LogP contribution is -2.36. The third kappa shape index (κ3) is 3.32. The zero-order chi connectivity index (χ0) is 14.5. The SMILES string of the molecule is [CH2]c1ccc(N(C(C)=O)C(=O)Cc2ccccc2)cc1. The molecule has 2 rings (SSSR count). The van der Waals surface area contributed by atoms with Gasteiger partial charge < -0.3 is 0 Å². The van der Waals surface area contributed by atoms with Crippen LogP contribution in [-0.2, 0) is 16.0 Å². The predicted molar refractivity (Wildman–Crippen MR) is 79.2 cm³/mol. The first kappa shape index (κ1) is 14.0. The van der Waals surface area contributed by atoms with Crippen LogP contribution in [0.2, 0.25) is 0 Å². The molecule has 1 radical (unpaired) electrons. The third-order valence-electron chi connectivity index (χ3n) is 2.96. The summed E-state index contributed by atoms with van der Waals surface area (Å²) in [4.78, 5) is 25.3. The van der Waals surface area contributed by atoms with Crippen LogP contribution in [0.15, 0.2) is 54.6 Å².